The van der Waals surface area contributed by atoms with Crippen LogP contribution in [0, 0.1) is 0 Å². The smallest absolute Gasteiger partial charge is 0.328 e. The molecule has 1 unspecified atom stereocenters. The highest BCUT2D eigenvalue weighted by Gasteiger charge is 2.47. The Labute approximate surface area is 123 Å². The number of aliphatic hydroxyl groups is 1. The molecule has 0 saturated carbocycles. The number of aliphatic carboxylic acids is 1. The number of hydrogen-bond acceptors (Lipinski definition) is 3. The van der Waals surface area contributed by atoms with E-state index in [4.69, 9.17) is 5.11 Å². The Morgan fingerprint density at radius 3 is 2.67 bits per heavy atom. The monoisotopic (exact) mass is 289 g/mol. The minimum Gasteiger partial charge on any atom is -0.478 e. The SMILES string of the molecule is CCCCC1(O)C(=O)N(C)c2ccccc2/C1=C/C(=O)O. The lowest BCUT2D eigenvalue weighted by Crippen LogP contribution is -2.52. The molecule has 5 heteroatoms. The molecule has 0 bridgehead atoms. The van der Waals surface area contributed by atoms with Gasteiger partial charge in [-0.05, 0) is 18.9 Å². The van der Waals surface area contributed by atoms with Gasteiger partial charge in [-0.3, -0.25) is 4.79 Å². The van der Waals surface area contributed by atoms with E-state index in [-0.39, 0.29) is 12.0 Å². The lowest BCUT2D eigenvalue weighted by molar-refractivity contribution is -0.132. The fraction of sp³-hybridized carbons (Fsp3) is 0.375. The Bertz CT molecular complexity index is 608. The van der Waals surface area contributed by atoms with Gasteiger partial charge in [-0.25, -0.2) is 4.79 Å². The van der Waals surface area contributed by atoms with Crippen LogP contribution in [0.3, 0.4) is 0 Å². The first-order valence-corrected chi connectivity index (χ1v) is 6.97. The Morgan fingerprint density at radius 1 is 1.38 bits per heavy atom. The summed E-state index contributed by atoms with van der Waals surface area (Å²) in [5.41, 5.74) is -0.420. The molecule has 1 aliphatic rings. The van der Waals surface area contributed by atoms with Gasteiger partial charge in [0.25, 0.3) is 5.91 Å². The highest BCUT2D eigenvalue weighted by atomic mass is 16.4. The lowest BCUT2D eigenvalue weighted by Gasteiger charge is -2.39. The summed E-state index contributed by atoms with van der Waals surface area (Å²) in [5, 5.41) is 20.0. The Balaban J connectivity index is 2.65. The van der Waals surface area contributed by atoms with Crippen molar-refractivity contribution in [2.75, 3.05) is 11.9 Å². The average Bonchev–Trinajstić information content (AvgIpc) is 2.47. The van der Waals surface area contributed by atoms with Crippen LogP contribution in [0.1, 0.15) is 31.7 Å². The molecule has 0 radical (unpaired) electrons. The van der Waals surface area contributed by atoms with E-state index in [9.17, 15) is 14.7 Å². The predicted octanol–water partition coefficient (Wildman–Crippen LogP) is 2.05. The van der Waals surface area contributed by atoms with Crippen molar-refractivity contribution in [1.82, 2.24) is 0 Å². The number of rotatable bonds is 4. The van der Waals surface area contributed by atoms with Crippen molar-refractivity contribution in [3.63, 3.8) is 0 Å². The van der Waals surface area contributed by atoms with Gasteiger partial charge < -0.3 is 15.1 Å². The Hall–Kier alpha value is -2.14. The quantitative estimate of drug-likeness (QED) is 0.832. The topological polar surface area (TPSA) is 77.8 Å². The summed E-state index contributed by atoms with van der Waals surface area (Å²) in [6.07, 6.45) is 2.59. The molecule has 0 aromatic heterocycles. The molecule has 0 spiro atoms. The molecule has 0 fully saturated rings. The molecule has 0 saturated heterocycles. The number of benzene rings is 1. The minimum absolute atomic E-state index is 0.169. The summed E-state index contributed by atoms with van der Waals surface area (Å²) in [4.78, 5) is 25.1. The molecule has 5 nitrogen and oxygen atoms in total. The van der Waals surface area contributed by atoms with Crippen LogP contribution in [-0.4, -0.2) is 34.7 Å². The number of anilines is 1. The first kappa shape index (κ1) is 15.3. The van der Waals surface area contributed by atoms with E-state index in [1.54, 1.807) is 31.3 Å². The maximum atomic E-state index is 12.5. The van der Waals surface area contributed by atoms with Gasteiger partial charge in [0.2, 0.25) is 0 Å². The molecule has 1 atom stereocenters. The molecule has 21 heavy (non-hydrogen) atoms. The van der Waals surface area contributed by atoms with E-state index < -0.39 is 17.5 Å². The number of carboxylic acid groups (broad SMARTS) is 1. The number of amides is 1. The third-order valence-electron chi connectivity index (χ3n) is 3.82. The third kappa shape index (κ3) is 2.56. The first-order chi connectivity index (χ1) is 9.91. The van der Waals surface area contributed by atoms with E-state index in [0.29, 0.717) is 17.7 Å². The number of hydrogen-bond donors (Lipinski definition) is 2. The van der Waals surface area contributed by atoms with Crippen molar-refractivity contribution in [1.29, 1.82) is 0 Å². The van der Waals surface area contributed by atoms with Crippen LogP contribution in [0.15, 0.2) is 30.3 Å². The van der Waals surface area contributed by atoms with Crippen LogP contribution in [0.4, 0.5) is 5.69 Å². The van der Waals surface area contributed by atoms with Gasteiger partial charge in [-0.15, -0.1) is 0 Å². The summed E-state index contributed by atoms with van der Waals surface area (Å²) >= 11 is 0. The zero-order valence-corrected chi connectivity index (χ0v) is 12.2. The summed E-state index contributed by atoms with van der Waals surface area (Å²) in [6.45, 7) is 1.95. The van der Waals surface area contributed by atoms with E-state index in [2.05, 4.69) is 0 Å². The van der Waals surface area contributed by atoms with Crippen molar-refractivity contribution in [3.8, 4) is 0 Å². The van der Waals surface area contributed by atoms with Crippen LogP contribution in [0.25, 0.3) is 5.57 Å². The standard InChI is InChI=1S/C16H19NO4/c1-3-4-9-16(21)12(10-14(18)19)11-7-5-6-8-13(11)17(2)15(16)20/h5-8,10,21H,3-4,9H2,1-2H3,(H,18,19)/b12-10-. The van der Waals surface area contributed by atoms with Gasteiger partial charge in [0.05, 0.1) is 5.69 Å². The molecule has 1 heterocycles. The van der Waals surface area contributed by atoms with E-state index >= 15 is 0 Å². The highest BCUT2D eigenvalue weighted by molar-refractivity contribution is 6.15. The van der Waals surface area contributed by atoms with Crippen LogP contribution in [-0.2, 0) is 9.59 Å². The molecule has 112 valence electrons. The lowest BCUT2D eigenvalue weighted by atomic mass is 9.79. The normalized spacial score (nSPS) is 23.3. The number of likely N-dealkylation sites (N-methyl/N-ethyl adjacent to an activating group) is 1. The van der Waals surface area contributed by atoms with Gasteiger partial charge in [-0.2, -0.15) is 0 Å². The summed E-state index contributed by atoms with van der Waals surface area (Å²) < 4.78 is 0. The summed E-state index contributed by atoms with van der Waals surface area (Å²) in [6, 6.07) is 7.00. The van der Waals surface area contributed by atoms with Crippen molar-refractivity contribution < 1.29 is 19.8 Å². The zero-order valence-electron chi connectivity index (χ0n) is 12.2. The highest BCUT2D eigenvalue weighted by Crippen LogP contribution is 2.42. The van der Waals surface area contributed by atoms with Crippen molar-refractivity contribution >= 4 is 23.1 Å². The number of fused-ring (bicyclic) bond motifs is 1. The number of nitrogens with zero attached hydrogens (tertiary/aromatic N) is 1. The van der Waals surface area contributed by atoms with Gasteiger partial charge >= 0.3 is 5.97 Å². The Morgan fingerprint density at radius 2 is 2.05 bits per heavy atom. The molecule has 1 aromatic rings. The van der Waals surface area contributed by atoms with Crippen molar-refractivity contribution in [2.24, 2.45) is 0 Å². The van der Waals surface area contributed by atoms with Crippen molar-refractivity contribution in [3.05, 3.63) is 35.9 Å². The van der Waals surface area contributed by atoms with Gasteiger partial charge in [0.15, 0.2) is 5.60 Å². The predicted molar refractivity (Wildman–Crippen MR) is 79.9 cm³/mol. The molecule has 0 aliphatic carbocycles. The third-order valence-corrected chi connectivity index (χ3v) is 3.82. The fourth-order valence-corrected chi connectivity index (χ4v) is 2.71. The van der Waals surface area contributed by atoms with Crippen LogP contribution in [0.2, 0.25) is 0 Å². The first-order valence-electron chi connectivity index (χ1n) is 6.97. The second kappa shape index (κ2) is 5.69. The Kier molecular flexibility index (Phi) is 4.14. The van der Waals surface area contributed by atoms with E-state index in [1.165, 1.54) is 4.90 Å². The van der Waals surface area contributed by atoms with Gasteiger partial charge in [0, 0.05) is 24.3 Å². The van der Waals surface area contributed by atoms with Gasteiger partial charge in [-0.1, -0.05) is 31.5 Å². The molecule has 1 amide bonds. The van der Waals surface area contributed by atoms with Crippen molar-refractivity contribution in [2.45, 2.75) is 31.8 Å². The maximum absolute atomic E-state index is 12.5. The largest absolute Gasteiger partial charge is 0.478 e. The number of carbonyl (C=O) groups is 2. The van der Waals surface area contributed by atoms with Crippen LogP contribution in [0.5, 0.6) is 0 Å². The maximum Gasteiger partial charge on any atom is 0.328 e. The van der Waals surface area contributed by atoms with Crippen LogP contribution >= 0.6 is 0 Å². The minimum atomic E-state index is -1.78. The number of unbranched alkanes of at least 4 members (excludes halogenated alkanes) is 1. The number of carbonyl (C=O) groups excluding carboxylic acids is 1. The zero-order chi connectivity index (χ0) is 15.6. The van der Waals surface area contributed by atoms with E-state index in [0.717, 1.165) is 12.5 Å². The van der Waals surface area contributed by atoms with Gasteiger partial charge in [0.1, 0.15) is 0 Å². The average molecular weight is 289 g/mol. The molecule has 2 N–H and O–H groups in total. The molecular formula is C16H19NO4. The number of para-hydroxylation sites is 1. The second-order valence-electron chi connectivity index (χ2n) is 5.24. The molecule has 1 aromatic carbocycles. The second-order valence-corrected chi connectivity index (χ2v) is 5.24. The van der Waals surface area contributed by atoms with Crippen LogP contribution < -0.4 is 4.90 Å². The molecule has 2 rings (SSSR count). The van der Waals surface area contributed by atoms with E-state index in [1.807, 2.05) is 6.92 Å². The molecular weight excluding hydrogens is 270 g/mol. The summed E-state index contributed by atoms with van der Waals surface area (Å²) in [7, 11) is 1.59. The summed E-state index contributed by atoms with van der Waals surface area (Å²) in [5.74, 6) is -1.66. The number of carboxylic acids is 1. The molecule has 1 aliphatic heterocycles. The fourth-order valence-electron chi connectivity index (χ4n) is 2.71.